The van der Waals surface area contributed by atoms with Crippen LogP contribution in [-0.2, 0) is 0 Å². The lowest BCUT2D eigenvalue weighted by atomic mass is 10.1. The summed E-state index contributed by atoms with van der Waals surface area (Å²) >= 11 is 0. The smallest absolute Gasteiger partial charge is 0.0169 e. The predicted octanol–water partition coefficient (Wildman–Crippen LogP) is 4.30. The fourth-order valence-corrected chi connectivity index (χ4v) is 1.89. The quantitative estimate of drug-likeness (QED) is 0.607. The lowest BCUT2D eigenvalue weighted by Crippen LogP contribution is -2.13. The van der Waals surface area contributed by atoms with E-state index in [1.54, 1.807) is 0 Å². The summed E-state index contributed by atoms with van der Waals surface area (Å²) in [5, 5.41) is 0. The van der Waals surface area contributed by atoms with Crippen molar-refractivity contribution in [3.63, 3.8) is 0 Å². The highest BCUT2D eigenvalue weighted by molar-refractivity contribution is 4.97. The summed E-state index contributed by atoms with van der Waals surface area (Å²) in [5.74, 6) is 1.60. The van der Waals surface area contributed by atoms with Crippen LogP contribution in [0.5, 0.6) is 0 Å². The number of nitrogens with zero attached hydrogens (tertiary/aromatic N) is 1. The van der Waals surface area contributed by atoms with E-state index in [0.29, 0.717) is 0 Å². The molecule has 0 unspecified atom stereocenters. The first kappa shape index (κ1) is 14.5. The first-order valence-corrected chi connectivity index (χ1v) is 6.29. The van der Waals surface area contributed by atoms with Crippen LogP contribution in [0.1, 0.15) is 53.9 Å². The molecule has 0 saturated carbocycles. The number of hydrogen-bond acceptors (Lipinski definition) is 1. The molecule has 0 bridgehead atoms. The number of allylic oxidation sites excluding steroid dienone is 1. The molecule has 0 rings (SSSR count). The predicted molar refractivity (Wildman–Crippen MR) is 69.9 cm³/mol. The van der Waals surface area contributed by atoms with E-state index in [-0.39, 0.29) is 0 Å². The summed E-state index contributed by atoms with van der Waals surface area (Å²) in [6.45, 7) is 12.6. The van der Waals surface area contributed by atoms with Crippen molar-refractivity contribution in [1.82, 2.24) is 4.90 Å². The van der Waals surface area contributed by atoms with Crippen LogP contribution in [0.25, 0.3) is 0 Å². The maximum Gasteiger partial charge on any atom is 0.0169 e. The highest BCUT2D eigenvalue weighted by Gasteiger charge is 1.99. The molecule has 0 heterocycles. The minimum atomic E-state index is 0.769. The Bertz CT molecular complexity index is 180. The molecule has 0 N–H and O–H groups in total. The molecule has 15 heavy (non-hydrogen) atoms. The Morgan fingerprint density at radius 1 is 1.13 bits per heavy atom. The Labute approximate surface area is 96.6 Å². The highest BCUT2D eigenvalue weighted by atomic mass is 15.1. The van der Waals surface area contributed by atoms with Crippen molar-refractivity contribution in [2.24, 2.45) is 11.8 Å². The molecule has 0 spiro atoms. The molecule has 0 aliphatic rings. The van der Waals surface area contributed by atoms with Gasteiger partial charge in [0.15, 0.2) is 0 Å². The zero-order chi connectivity index (χ0) is 11.8. The standard InChI is InChI=1S/C14H29N/c1-12(2)8-7-9-15(6)11-14(5)10-13(3)4/h11-13H,7-10H2,1-6H3/b14-11+. The Hall–Kier alpha value is -0.460. The number of rotatable bonds is 7. The van der Waals surface area contributed by atoms with Gasteiger partial charge in [0.25, 0.3) is 0 Å². The van der Waals surface area contributed by atoms with Crippen molar-refractivity contribution in [1.29, 1.82) is 0 Å². The van der Waals surface area contributed by atoms with Crippen LogP contribution in [-0.4, -0.2) is 18.5 Å². The average Bonchev–Trinajstić information content (AvgIpc) is 2.00. The third-order valence-corrected chi connectivity index (χ3v) is 2.46. The second-order valence-corrected chi connectivity index (χ2v) is 5.59. The zero-order valence-corrected chi connectivity index (χ0v) is 11.5. The second-order valence-electron chi connectivity index (χ2n) is 5.59. The summed E-state index contributed by atoms with van der Waals surface area (Å²) in [6, 6.07) is 0. The van der Waals surface area contributed by atoms with E-state index in [2.05, 4.69) is 52.8 Å². The van der Waals surface area contributed by atoms with E-state index in [9.17, 15) is 0 Å². The van der Waals surface area contributed by atoms with Gasteiger partial charge in [0.05, 0.1) is 0 Å². The molecule has 0 aromatic carbocycles. The first-order chi connectivity index (χ1) is 6.91. The molecule has 90 valence electrons. The fraction of sp³-hybridized carbons (Fsp3) is 0.857. The van der Waals surface area contributed by atoms with Gasteiger partial charge >= 0.3 is 0 Å². The normalized spacial score (nSPS) is 12.7. The van der Waals surface area contributed by atoms with Gasteiger partial charge < -0.3 is 4.90 Å². The van der Waals surface area contributed by atoms with E-state index < -0.39 is 0 Å². The Kier molecular flexibility index (Phi) is 7.54. The minimum absolute atomic E-state index is 0.769. The molecule has 0 aliphatic heterocycles. The molecule has 0 fully saturated rings. The molecule has 1 heteroatoms. The first-order valence-electron chi connectivity index (χ1n) is 6.29. The van der Waals surface area contributed by atoms with Gasteiger partial charge in [0.1, 0.15) is 0 Å². The molecule has 0 atom stereocenters. The number of hydrogen-bond donors (Lipinski definition) is 0. The van der Waals surface area contributed by atoms with E-state index in [4.69, 9.17) is 0 Å². The summed E-state index contributed by atoms with van der Waals surface area (Å²) < 4.78 is 0. The lowest BCUT2D eigenvalue weighted by molar-refractivity contribution is 0.408. The maximum atomic E-state index is 2.33. The van der Waals surface area contributed by atoms with Crippen LogP contribution in [0, 0.1) is 11.8 Å². The average molecular weight is 211 g/mol. The van der Waals surface area contributed by atoms with E-state index in [1.807, 2.05) is 0 Å². The van der Waals surface area contributed by atoms with Crippen LogP contribution in [0.4, 0.5) is 0 Å². The van der Waals surface area contributed by atoms with Crippen LogP contribution in [0.3, 0.4) is 0 Å². The summed E-state index contributed by atoms with van der Waals surface area (Å²) in [7, 11) is 2.18. The minimum Gasteiger partial charge on any atom is -0.380 e. The third-order valence-electron chi connectivity index (χ3n) is 2.46. The van der Waals surface area contributed by atoms with Crippen molar-refractivity contribution >= 4 is 0 Å². The third kappa shape index (κ3) is 9.84. The Morgan fingerprint density at radius 3 is 2.20 bits per heavy atom. The van der Waals surface area contributed by atoms with Crippen molar-refractivity contribution < 1.29 is 0 Å². The van der Waals surface area contributed by atoms with Gasteiger partial charge in [-0.05, 0) is 44.2 Å². The largest absolute Gasteiger partial charge is 0.380 e. The molecule has 0 amide bonds. The molecular formula is C14H29N. The SMILES string of the molecule is C/C(=C\N(C)CCCC(C)C)CC(C)C. The van der Waals surface area contributed by atoms with Gasteiger partial charge in [0, 0.05) is 13.6 Å². The molecule has 0 radical (unpaired) electrons. The van der Waals surface area contributed by atoms with Gasteiger partial charge in [-0.1, -0.05) is 33.3 Å². The Morgan fingerprint density at radius 2 is 1.73 bits per heavy atom. The van der Waals surface area contributed by atoms with Crippen LogP contribution >= 0.6 is 0 Å². The van der Waals surface area contributed by atoms with E-state index in [0.717, 1.165) is 11.8 Å². The summed E-state index contributed by atoms with van der Waals surface area (Å²) in [4.78, 5) is 2.33. The van der Waals surface area contributed by atoms with Gasteiger partial charge in [-0.3, -0.25) is 0 Å². The maximum absolute atomic E-state index is 2.33. The summed E-state index contributed by atoms with van der Waals surface area (Å²) in [5.41, 5.74) is 1.50. The highest BCUT2D eigenvalue weighted by Crippen LogP contribution is 2.11. The van der Waals surface area contributed by atoms with Crippen molar-refractivity contribution in [3.8, 4) is 0 Å². The molecule has 0 aliphatic carbocycles. The lowest BCUT2D eigenvalue weighted by Gasteiger charge is -2.17. The molecule has 0 aromatic rings. The Balaban J connectivity index is 3.75. The fourth-order valence-electron chi connectivity index (χ4n) is 1.89. The van der Waals surface area contributed by atoms with Crippen LogP contribution in [0.15, 0.2) is 11.8 Å². The van der Waals surface area contributed by atoms with Gasteiger partial charge in [-0.25, -0.2) is 0 Å². The zero-order valence-electron chi connectivity index (χ0n) is 11.5. The molecular weight excluding hydrogens is 182 g/mol. The molecule has 0 aromatic heterocycles. The van der Waals surface area contributed by atoms with Crippen LogP contribution in [0.2, 0.25) is 0 Å². The van der Waals surface area contributed by atoms with E-state index in [1.165, 1.54) is 31.4 Å². The van der Waals surface area contributed by atoms with E-state index >= 15 is 0 Å². The van der Waals surface area contributed by atoms with Gasteiger partial charge in [-0.15, -0.1) is 0 Å². The van der Waals surface area contributed by atoms with Crippen molar-refractivity contribution in [2.45, 2.75) is 53.9 Å². The summed E-state index contributed by atoms with van der Waals surface area (Å²) in [6.07, 6.45) is 6.16. The molecule has 1 nitrogen and oxygen atoms in total. The monoisotopic (exact) mass is 211 g/mol. The topological polar surface area (TPSA) is 3.24 Å². The van der Waals surface area contributed by atoms with Gasteiger partial charge in [-0.2, -0.15) is 0 Å². The second kappa shape index (κ2) is 7.78. The van der Waals surface area contributed by atoms with Crippen molar-refractivity contribution in [3.05, 3.63) is 11.8 Å². The molecule has 0 saturated heterocycles. The van der Waals surface area contributed by atoms with Gasteiger partial charge in [0.2, 0.25) is 0 Å². The van der Waals surface area contributed by atoms with Crippen molar-refractivity contribution in [2.75, 3.05) is 13.6 Å². The van der Waals surface area contributed by atoms with Crippen LogP contribution < -0.4 is 0 Å².